The van der Waals surface area contributed by atoms with Crippen LogP contribution >= 0.6 is 23.2 Å². The quantitative estimate of drug-likeness (QED) is 0.346. The van der Waals surface area contributed by atoms with Crippen molar-refractivity contribution in [2.45, 2.75) is 24.7 Å². The molecular formula is C25H26Cl2N2O4S. The number of aryl methyl sites for hydroxylation is 1. The van der Waals surface area contributed by atoms with Crippen molar-refractivity contribution in [3.8, 4) is 5.75 Å². The van der Waals surface area contributed by atoms with E-state index in [1.54, 1.807) is 18.2 Å². The number of halogens is 2. The number of hydrogen-bond donors (Lipinski definition) is 1. The molecule has 0 aliphatic rings. The Kier molecular flexibility index (Phi) is 9.21. The number of nitrogens with zero attached hydrogens (tertiary/aromatic N) is 1. The fraction of sp³-hybridized carbons (Fsp3) is 0.240. The predicted octanol–water partition coefficient (Wildman–Crippen LogP) is 5.34. The van der Waals surface area contributed by atoms with Crippen molar-refractivity contribution in [3.05, 3.63) is 88.4 Å². The Morgan fingerprint density at radius 1 is 0.971 bits per heavy atom. The highest BCUT2D eigenvalue weighted by Gasteiger charge is 2.27. The van der Waals surface area contributed by atoms with Crippen molar-refractivity contribution in [1.29, 1.82) is 0 Å². The van der Waals surface area contributed by atoms with Gasteiger partial charge in [0.1, 0.15) is 12.3 Å². The first-order chi connectivity index (χ1) is 16.3. The van der Waals surface area contributed by atoms with Gasteiger partial charge in [-0.1, -0.05) is 47.5 Å². The fourth-order valence-corrected chi connectivity index (χ4v) is 5.10. The number of nitrogens with one attached hydrogen (secondary N) is 1. The van der Waals surface area contributed by atoms with E-state index in [1.807, 2.05) is 31.2 Å². The molecule has 0 aliphatic heterocycles. The van der Waals surface area contributed by atoms with E-state index in [0.717, 1.165) is 22.0 Å². The third-order valence-electron chi connectivity index (χ3n) is 5.00. The summed E-state index contributed by atoms with van der Waals surface area (Å²) in [6.07, 6.45) is 1.40. The molecule has 0 heterocycles. The highest BCUT2D eigenvalue weighted by Crippen LogP contribution is 2.27. The van der Waals surface area contributed by atoms with E-state index in [0.29, 0.717) is 35.3 Å². The highest BCUT2D eigenvalue weighted by molar-refractivity contribution is 7.92. The molecular weight excluding hydrogens is 495 g/mol. The zero-order valence-electron chi connectivity index (χ0n) is 18.7. The summed E-state index contributed by atoms with van der Waals surface area (Å²) in [6.45, 7) is 2.51. The summed E-state index contributed by atoms with van der Waals surface area (Å²) >= 11 is 12.0. The first-order valence-corrected chi connectivity index (χ1v) is 13.0. The molecule has 34 heavy (non-hydrogen) atoms. The Hall–Kier alpha value is -2.74. The molecule has 0 radical (unpaired) electrons. The summed E-state index contributed by atoms with van der Waals surface area (Å²) in [5, 5.41) is 3.59. The molecule has 0 fully saturated rings. The molecule has 0 atom stereocenters. The van der Waals surface area contributed by atoms with Gasteiger partial charge in [0.05, 0.1) is 17.2 Å². The Bertz CT molecular complexity index is 1220. The first kappa shape index (κ1) is 25.9. The van der Waals surface area contributed by atoms with E-state index in [4.69, 9.17) is 27.9 Å². The number of ether oxygens (including phenoxy) is 1. The number of carbonyl (C=O) groups excluding carboxylic acids is 1. The first-order valence-electron chi connectivity index (χ1n) is 10.8. The van der Waals surface area contributed by atoms with Crippen LogP contribution in [0.1, 0.15) is 18.9 Å². The highest BCUT2D eigenvalue weighted by atomic mass is 35.5. The minimum Gasteiger partial charge on any atom is -0.494 e. The smallest absolute Gasteiger partial charge is 0.264 e. The van der Waals surface area contributed by atoms with Crippen LogP contribution in [0.3, 0.4) is 0 Å². The van der Waals surface area contributed by atoms with Crippen molar-refractivity contribution in [1.82, 2.24) is 5.32 Å². The Morgan fingerprint density at radius 2 is 1.71 bits per heavy atom. The van der Waals surface area contributed by atoms with Gasteiger partial charge in [-0.05, 0) is 73.9 Å². The monoisotopic (exact) mass is 520 g/mol. The number of rotatable bonds is 11. The van der Waals surface area contributed by atoms with Crippen LogP contribution in [0.4, 0.5) is 5.69 Å². The van der Waals surface area contributed by atoms with E-state index in [9.17, 15) is 13.2 Å². The van der Waals surface area contributed by atoms with Gasteiger partial charge in [0.15, 0.2) is 0 Å². The average molecular weight is 521 g/mol. The number of anilines is 1. The van der Waals surface area contributed by atoms with Gasteiger partial charge in [0.2, 0.25) is 5.91 Å². The average Bonchev–Trinajstić information content (AvgIpc) is 2.81. The molecule has 1 N–H and O–H groups in total. The second-order valence-electron chi connectivity index (χ2n) is 7.44. The lowest BCUT2D eigenvalue weighted by Gasteiger charge is -2.24. The van der Waals surface area contributed by atoms with Gasteiger partial charge in [0.25, 0.3) is 10.0 Å². The number of carbonyl (C=O) groups is 1. The molecule has 6 nitrogen and oxygen atoms in total. The van der Waals surface area contributed by atoms with Gasteiger partial charge in [0, 0.05) is 16.6 Å². The van der Waals surface area contributed by atoms with Crippen molar-refractivity contribution in [2.24, 2.45) is 0 Å². The minimum absolute atomic E-state index is 0.0252. The molecule has 9 heteroatoms. The lowest BCUT2D eigenvalue weighted by Crippen LogP contribution is -2.41. The van der Waals surface area contributed by atoms with Crippen molar-refractivity contribution < 1.29 is 17.9 Å². The molecule has 3 aromatic carbocycles. The standard InChI is InChI=1S/C25H26Cl2N2O4S/c1-2-33-24-11-4-3-7-19(24)8-6-16-28-25(30)18-29(22-10-5-9-21(27)17-22)34(31,32)23-14-12-20(26)13-15-23/h3-5,7,9-15,17H,2,6,8,16,18H2,1H3,(H,28,30). The van der Waals surface area contributed by atoms with Crippen LogP contribution < -0.4 is 14.4 Å². The summed E-state index contributed by atoms with van der Waals surface area (Å²) in [4.78, 5) is 12.8. The Balaban J connectivity index is 1.69. The van der Waals surface area contributed by atoms with Crippen molar-refractivity contribution in [2.75, 3.05) is 24.0 Å². The maximum atomic E-state index is 13.4. The van der Waals surface area contributed by atoms with Crippen LogP contribution in [-0.4, -0.2) is 34.0 Å². The topological polar surface area (TPSA) is 75.7 Å². The van der Waals surface area contributed by atoms with Gasteiger partial charge in [-0.25, -0.2) is 8.42 Å². The maximum absolute atomic E-state index is 13.4. The summed E-state index contributed by atoms with van der Waals surface area (Å²) in [6, 6.07) is 19.9. The van der Waals surface area contributed by atoms with Gasteiger partial charge in [-0.15, -0.1) is 0 Å². The van der Waals surface area contributed by atoms with E-state index in [1.165, 1.54) is 30.3 Å². The van der Waals surface area contributed by atoms with E-state index in [2.05, 4.69) is 5.32 Å². The number of hydrogen-bond acceptors (Lipinski definition) is 4. The second-order valence-corrected chi connectivity index (χ2v) is 10.2. The zero-order chi connectivity index (χ0) is 24.6. The molecule has 3 aromatic rings. The fourth-order valence-electron chi connectivity index (χ4n) is 3.38. The number of para-hydroxylation sites is 1. The number of benzene rings is 3. The second kappa shape index (κ2) is 12.1. The van der Waals surface area contributed by atoms with Crippen molar-refractivity contribution >= 4 is 44.8 Å². The molecule has 3 rings (SSSR count). The van der Waals surface area contributed by atoms with Crippen LogP contribution in [0.15, 0.2) is 77.7 Å². The van der Waals surface area contributed by atoms with E-state index in [-0.39, 0.29) is 11.4 Å². The Labute approximate surface area is 210 Å². The minimum atomic E-state index is -4.03. The van der Waals surface area contributed by atoms with Gasteiger partial charge >= 0.3 is 0 Å². The number of amides is 1. The third-order valence-corrected chi connectivity index (χ3v) is 7.28. The van der Waals surface area contributed by atoms with Gasteiger partial charge in [-0.3, -0.25) is 9.10 Å². The van der Waals surface area contributed by atoms with Gasteiger partial charge < -0.3 is 10.1 Å². The molecule has 0 saturated carbocycles. The molecule has 180 valence electrons. The predicted molar refractivity (Wildman–Crippen MR) is 136 cm³/mol. The van der Waals surface area contributed by atoms with Crippen LogP contribution in [0.5, 0.6) is 5.75 Å². The molecule has 0 spiro atoms. The lowest BCUT2D eigenvalue weighted by atomic mass is 10.1. The largest absolute Gasteiger partial charge is 0.494 e. The van der Waals surface area contributed by atoms with Crippen LogP contribution in [0.25, 0.3) is 0 Å². The van der Waals surface area contributed by atoms with Crippen LogP contribution in [0.2, 0.25) is 10.0 Å². The van der Waals surface area contributed by atoms with Crippen LogP contribution in [-0.2, 0) is 21.2 Å². The van der Waals surface area contributed by atoms with Crippen LogP contribution in [0, 0.1) is 0 Å². The number of sulfonamides is 1. The molecule has 0 unspecified atom stereocenters. The summed E-state index contributed by atoms with van der Waals surface area (Å²) < 4.78 is 33.4. The molecule has 1 amide bonds. The summed E-state index contributed by atoms with van der Waals surface area (Å²) in [5.74, 6) is 0.410. The molecule has 0 saturated heterocycles. The Morgan fingerprint density at radius 3 is 2.41 bits per heavy atom. The van der Waals surface area contributed by atoms with E-state index >= 15 is 0 Å². The normalized spacial score (nSPS) is 11.1. The zero-order valence-corrected chi connectivity index (χ0v) is 21.0. The van der Waals surface area contributed by atoms with Crippen molar-refractivity contribution in [3.63, 3.8) is 0 Å². The molecule has 0 aromatic heterocycles. The molecule has 0 aliphatic carbocycles. The summed E-state index contributed by atoms with van der Waals surface area (Å²) in [7, 11) is -4.03. The third kappa shape index (κ3) is 6.88. The van der Waals surface area contributed by atoms with Gasteiger partial charge in [-0.2, -0.15) is 0 Å². The lowest BCUT2D eigenvalue weighted by molar-refractivity contribution is -0.119. The summed E-state index contributed by atoms with van der Waals surface area (Å²) in [5.41, 5.74) is 1.35. The maximum Gasteiger partial charge on any atom is 0.264 e. The molecule has 0 bridgehead atoms. The van der Waals surface area contributed by atoms with E-state index < -0.39 is 15.9 Å². The SMILES string of the molecule is CCOc1ccccc1CCCNC(=O)CN(c1cccc(Cl)c1)S(=O)(=O)c1ccc(Cl)cc1.